The van der Waals surface area contributed by atoms with Crippen LogP contribution in [0.15, 0.2) is 10.9 Å². The fourth-order valence-electron chi connectivity index (χ4n) is 1.04. The fourth-order valence-corrected chi connectivity index (χ4v) is 1.04. The molecular formula is C9H16N4O. The number of hydrogen-bond donors (Lipinski definition) is 3. The summed E-state index contributed by atoms with van der Waals surface area (Å²) in [7, 11) is 0. The summed E-state index contributed by atoms with van der Waals surface area (Å²) in [6.07, 6.45) is 0. The molecule has 4 N–H and O–H groups in total. The van der Waals surface area contributed by atoms with Gasteiger partial charge in [-0.1, -0.05) is 13.8 Å². The third-order valence-electron chi connectivity index (χ3n) is 1.76. The zero-order valence-electron chi connectivity index (χ0n) is 8.50. The number of H-pyrrole nitrogens is 1. The number of aromatic amines is 1. The molecule has 1 rings (SSSR count). The maximum atomic E-state index is 11.2. The second-order valence-electron chi connectivity index (χ2n) is 3.39. The molecule has 0 aromatic carbocycles. The molecule has 0 unspecified atom stereocenters. The molecule has 0 amide bonds. The van der Waals surface area contributed by atoms with Crippen LogP contribution in [0.25, 0.3) is 0 Å². The second kappa shape index (κ2) is 4.76. The molecule has 0 radical (unpaired) electrons. The van der Waals surface area contributed by atoms with Crippen molar-refractivity contribution in [3.05, 3.63) is 22.2 Å². The van der Waals surface area contributed by atoms with Gasteiger partial charge >= 0.3 is 0 Å². The van der Waals surface area contributed by atoms with E-state index < -0.39 is 0 Å². The lowest BCUT2D eigenvalue weighted by Gasteiger charge is -2.07. The normalized spacial score (nSPS) is 10.6. The van der Waals surface area contributed by atoms with E-state index in [2.05, 4.69) is 15.3 Å². The number of aromatic nitrogens is 2. The standard InChI is InChI=1S/C9H16N4O/c1-6(2)9-12-7(11-4-3-10)5-8(14)13-9/h5-6H,3-4,10H2,1-2H3,(H2,11,12,13,14). The summed E-state index contributed by atoms with van der Waals surface area (Å²) in [5, 5.41) is 2.97. The van der Waals surface area contributed by atoms with E-state index >= 15 is 0 Å². The highest BCUT2D eigenvalue weighted by Crippen LogP contribution is 2.08. The molecule has 5 nitrogen and oxygen atoms in total. The molecule has 0 bridgehead atoms. The molecule has 0 spiro atoms. The Kier molecular flexibility index (Phi) is 3.64. The summed E-state index contributed by atoms with van der Waals surface area (Å²) < 4.78 is 0. The molecule has 1 aromatic heterocycles. The van der Waals surface area contributed by atoms with E-state index in [9.17, 15) is 4.79 Å². The summed E-state index contributed by atoms with van der Waals surface area (Å²) in [6, 6.07) is 1.43. The van der Waals surface area contributed by atoms with Crippen LogP contribution in [0.2, 0.25) is 0 Å². The molecule has 0 saturated carbocycles. The number of anilines is 1. The Morgan fingerprint density at radius 1 is 1.64 bits per heavy atom. The topological polar surface area (TPSA) is 83.8 Å². The minimum Gasteiger partial charge on any atom is -0.369 e. The van der Waals surface area contributed by atoms with E-state index in [4.69, 9.17) is 5.73 Å². The van der Waals surface area contributed by atoms with E-state index in [-0.39, 0.29) is 11.5 Å². The number of hydrogen-bond acceptors (Lipinski definition) is 4. The van der Waals surface area contributed by atoms with E-state index in [1.807, 2.05) is 13.8 Å². The van der Waals surface area contributed by atoms with Crippen molar-refractivity contribution in [2.24, 2.45) is 5.73 Å². The smallest absolute Gasteiger partial charge is 0.252 e. The van der Waals surface area contributed by atoms with Gasteiger partial charge in [-0.15, -0.1) is 0 Å². The van der Waals surface area contributed by atoms with Gasteiger partial charge in [-0.2, -0.15) is 0 Å². The number of nitrogens with one attached hydrogen (secondary N) is 2. The van der Waals surface area contributed by atoms with Crippen LogP contribution in [0.1, 0.15) is 25.6 Å². The molecule has 14 heavy (non-hydrogen) atoms. The van der Waals surface area contributed by atoms with Gasteiger partial charge in [-0.05, 0) is 0 Å². The van der Waals surface area contributed by atoms with Crippen LogP contribution in [0.3, 0.4) is 0 Å². The third kappa shape index (κ3) is 2.85. The molecule has 1 aromatic rings. The summed E-state index contributed by atoms with van der Waals surface area (Å²) in [4.78, 5) is 18.1. The van der Waals surface area contributed by atoms with Crippen molar-refractivity contribution < 1.29 is 0 Å². The quantitative estimate of drug-likeness (QED) is 0.645. The van der Waals surface area contributed by atoms with Crippen molar-refractivity contribution >= 4 is 5.82 Å². The van der Waals surface area contributed by atoms with E-state index in [0.717, 1.165) is 0 Å². The summed E-state index contributed by atoms with van der Waals surface area (Å²) in [5.74, 6) is 1.49. The Hall–Kier alpha value is -1.36. The van der Waals surface area contributed by atoms with Crippen molar-refractivity contribution in [3.8, 4) is 0 Å². The van der Waals surface area contributed by atoms with Crippen LogP contribution in [-0.2, 0) is 0 Å². The van der Waals surface area contributed by atoms with Crippen molar-refractivity contribution in [1.82, 2.24) is 9.97 Å². The summed E-state index contributed by atoms with van der Waals surface area (Å²) in [6.45, 7) is 5.09. The lowest BCUT2D eigenvalue weighted by Crippen LogP contribution is -2.18. The molecule has 0 atom stereocenters. The summed E-state index contributed by atoms with van der Waals surface area (Å²) >= 11 is 0. The first-order valence-electron chi connectivity index (χ1n) is 4.68. The molecule has 1 heterocycles. The van der Waals surface area contributed by atoms with Crippen LogP contribution >= 0.6 is 0 Å². The molecule has 0 aliphatic heterocycles. The second-order valence-corrected chi connectivity index (χ2v) is 3.39. The van der Waals surface area contributed by atoms with Gasteiger partial charge in [0, 0.05) is 25.1 Å². The highest BCUT2D eigenvalue weighted by atomic mass is 16.1. The zero-order chi connectivity index (χ0) is 10.6. The first-order valence-corrected chi connectivity index (χ1v) is 4.68. The monoisotopic (exact) mass is 196 g/mol. The largest absolute Gasteiger partial charge is 0.369 e. The first-order chi connectivity index (χ1) is 6.63. The Balaban J connectivity index is 2.90. The number of rotatable bonds is 4. The van der Waals surface area contributed by atoms with Crippen LogP contribution in [-0.4, -0.2) is 23.1 Å². The Morgan fingerprint density at radius 2 is 2.36 bits per heavy atom. The van der Waals surface area contributed by atoms with Gasteiger partial charge in [-0.3, -0.25) is 4.79 Å². The molecule has 0 fully saturated rings. The number of nitrogens with zero attached hydrogens (tertiary/aromatic N) is 1. The SMILES string of the molecule is CC(C)c1nc(NCCN)cc(=O)[nH]1. The first kappa shape index (κ1) is 10.7. The molecular weight excluding hydrogens is 180 g/mol. The van der Waals surface area contributed by atoms with E-state index in [1.54, 1.807) is 0 Å². The molecule has 5 heteroatoms. The van der Waals surface area contributed by atoms with Crippen molar-refractivity contribution in [2.75, 3.05) is 18.4 Å². The minimum absolute atomic E-state index is 0.136. The van der Waals surface area contributed by atoms with E-state index in [1.165, 1.54) is 6.07 Å². The maximum Gasteiger partial charge on any atom is 0.252 e. The van der Waals surface area contributed by atoms with Crippen LogP contribution < -0.4 is 16.6 Å². The van der Waals surface area contributed by atoms with E-state index in [0.29, 0.717) is 24.7 Å². The Labute approximate surface area is 82.7 Å². The van der Waals surface area contributed by atoms with Crippen molar-refractivity contribution in [1.29, 1.82) is 0 Å². The molecule has 78 valence electrons. The predicted molar refractivity (Wildman–Crippen MR) is 56.5 cm³/mol. The zero-order valence-corrected chi connectivity index (χ0v) is 8.50. The average molecular weight is 196 g/mol. The lowest BCUT2D eigenvalue weighted by molar-refractivity contribution is 0.766. The highest BCUT2D eigenvalue weighted by Gasteiger charge is 2.03. The lowest BCUT2D eigenvalue weighted by atomic mass is 10.2. The maximum absolute atomic E-state index is 11.2. The van der Waals surface area contributed by atoms with Gasteiger partial charge in [0.1, 0.15) is 11.6 Å². The Bertz CT molecular complexity index is 345. The highest BCUT2D eigenvalue weighted by molar-refractivity contribution is 5.33. The van der Waals surface area contributed by atoms with Gasteiger partial charge in [0.2, 0.25) is 0 Å². The third-order valence-corrected chi connectivity index (χ3v) is 1.76. The molecule has 0 aliphatic rings. The van der Waals surface area contributed by atoms with Crippen LogP contribution in [0, 0.1) is 0 Å². The average Bonchev–Trinajstić information content (AvgIpc) is 2.14. The Morgan fingerprint density at radius 3 is 2.93 bits per heavy atom. The summed E-state index contributed by atoms with van der Waals surface area (Å²) in [5.41, 5.74) is 5.20. The number of nitrogens with two attached hydrogens (primary N) is 1. The molecule has 0 aliphatic carbocycles. The van der Waals surface area contributed by atoms with Crippen LogP contribution in [0.5, 0.6) is 0 Å². The van der Waals surface area contributed by atoms with Gasteiger partial charge in [0.05, 0.1) is 0 Å². The van der Waals surface area contributed by atoms with Gasteiger partial charge < -0.3 is 16.0 Å². The van der Waals surface area contributed by atoms with Gasteiger partial charge in [0.15, 0.2) is 0 Å². The predicted octanol–water partition coefficient (Wildman–Crippen LogP) is 0.264. The van der Waals surface area contributed by atoms with Crippen molar-refractivity contribution in [2.45, 2.75) is 19.8 Å². The van der Waals surface area contributed by atoms with Crippen molar-refractivity contribution in [3.63, 3.8) is 0 Å². The van der Waals surface area contributed by atoms with Crippen LogP contribution in [0.4, 0.5) is 5.82 Å². The minimum atomic E-state index is -0.136. The molecule has 0 saturated heterocycles. The fraction of sp³-hybridized carbons (Fsp3) is 0.556. The van der Waals surface area contributed by atoms with Gasteiger partial charge in [-0.25, -0.2) is 4.98 Å². The van der Waals surface area contributed by atoms with Gasteiger partial charge in [0.25, 0.3) is 5.56 Å².